The number of aromatic amines is 1. The van der Waals surface area contributed by atoms with Crippen LogP contribution < -0.4 is 4.74 Å². The van der Waals surface area contributed by atoms with Crippen molar-refractivity contribution in [1.82, 2.24) is 14.9 Å². The van der Waals surface area contributed by atoms with Gasteiger partial charge in [-0.1, -0.05) is 6.92 Å². The van der Waals surface area contributed by atoms with E-state index in [0.717, 1.165) is 0 Å². The zero-order chi connectivity index (χ0) is 16.3. The van der Waals surface area contributed by atoms with Gasteiger partial charge in [0, 0.05) is 18.1 Å². The van der Waals surface area contributed by atoms with Crippen LogP contribution in [0.4, 0.5) is 5.69 Å². The zero-order valence-corrected chi connectivity index (χ0v) is 12.6. The lowest BCUT2D eigenvalue weighted by atomic mass is 10.2. The molecule has 2 aromatic rings. The van der Waals surface area contributed by atoms with Gasteiger partial charge in [-0.2, -0.15) is 14.9 Å². The van der Waals surface area contributed by atoms with E-state index in [-0.39, 0.29) is 5.75 Å². The Kier molecular flexibility index (Phi) is 4.51. The molecular formula is C12H13N5O4S. The molecule has 9 nitrogen and oxygen atoms in total. The lowest BCUT2D eigenvalue weighted by molar-refractivity contribution is -0.386. The Balaban J connectivity index is 2.47. The van der Waals surface area contributed by atoms with Crippen molar-refractivity contribution >= 4 is 24.1 Å². The van der Waals surface area contributed by atoms with Crippen LogP contribution in [0.1, 0.15) is 18.3 Å². The van der Waals surface area contributed by atoms with E-state index >= 15 is 0 Å². The zero-order valence-electron chi connectivity index (χ0n) is 11.8. The predicted molar refractivity (Wildman–Crippen MR) is 81.1 cm³/mol. The van der Waals surface area contributed by atoms with Crippen molar-refractivity contribution in [2.24, 2.45) is 5.10 Å². The summed E-state index contributed by atoms with van der Waals surface area (Å²) in [4.78, 5) is 10.2. The van der Waals surface area contributed by atoms with Gasteiger partial charge in [-0.3, -0.25) is 15.2 Å². The van der Waals surface area contributed by atoms with Gasteiger partial charge in [-0.15, -0.1) is 0 Å². The Morgan fingerprint density at radius 3 is 2.95 bits per heavy atom. The summed E-state index contributed by atoms with van der Waals surface area (Å²) in [5.41, 5.74) is -0.0844. The fraction of sp³-hybridized carbons (Fsp3) is 0.250. The third-order valence-electron chi connectivity index (χ3n) is 2.85. The Hall–Kier alpha value is -2.75. The molecule has 0 amide bonds. The Labute approximate surface area is 130 Å². The molecule has 0 radical (unpaired) electrons. The van der Waals surface area contributed by atoms with Crippen LogP contribution in [0.3, 0.4) is 0 Å². The lowest BCUT2D eigenvalue weighted by Gasteiger charge is -2.05. The average molecular weight is 323 g/mol. The normalized spacial score (nSPS) is 11.0. The highest BCUT2D eigenvalue weighted by atomic mass is 32.1. The maximum Gasteiger partial charge on any atom is 0.315 e. The van der Waals surface area contributed by atoms with Gasteiger partial charge in [-0.25, -0.2) is 0 Å². The number of rotatable bonds is 5. The number of nitrogens with one attached hydrogen (secondary N) is 1. The molecule has 0 aliphatic heterocycles. The first kappa shape index (κ1) is 15.6. The second kappa shape index (κ2) is 6.35. The summed E-state index contributed by atoms with van der Waals surface area (Å²) in [6, 6.07) is 2.62. The van der Waals surface area contributed by atoms with Crippen LogP contribution in [0.2, 0.25) is 0 Å². The van der Waals surface area contributed by atoms with Crippen molar-refractivity contribution in [3.05, 3.63) is 38.4 Å². The first-order chi connectivity index (χ1) is 10.5. The molecule has 2 N–H and O–H groups in total. The minimum atomic E-state index is -0.698. The third-order valence-corrected chi connectivity index (χ3v) is 3.11. The van der Waals surface area contributed by atoms with Gasteiger partial charge < -0.3 is 9.84 Å². The molecule has 0 bridgehead atoms. The van der Waals surface area contributed by atoms with E-state index in [9.17, 15) is 15.2 Å². The number of phenols is 1. The van der Waals surface area contributed by atoms with Gasteiger partial charge in [0.25, 0.3) is 0 Å². The molecule has 1 aromatic heterocycles. The summed E-state index contributed by atoms with van der Waals surface area (Å²) in [6.45, 7) is 1.89. The largest absolute Gasteiger partial charge is 0.500 e. The van der Waals surface area contributed by atoms with Gasteiger partial charge in [0.05, 0.1) is 18.2 Å². The highest BCUT2D eigenvalue weighted by Gasteiger charge is 2.19. The number of aromatic hydroxyl groups is 1. The Morgan fingerprint density at radius 2 is 2.36 bits per heavy atom. The van der Waals surface area contributed by atoms with E-state index in [1.807, 2.05) is 6.92 Å². The first-order valence-electron chi connectivity index (χ1n) is 6.24. The Morgan fingerprint density at radius 1 is 1.64 bits per heavy atom. The number of methoxy groups -OCH3 is 1. The maximum absolute atomic E-state index is 10.9. The molecule has 0 spiro atoms. The molecule has 10 heteroatoms. The number of aromatic nitrogens is 3. The van der Waals surface area contributed by atoms with Crippen LogP contribution in [-0.4, -0.2) is 38.2 Å². The molecular weight excluding hydrogens is 310 g/mol. The maximum atomic E-state index is 10.9. The van der Waals surface area contributed by atoms with Crippen LogP contribution in [0.5, 0.6) is 11.5 Å². The summed E-state index contributed by atoms with van der Waals surface area (Å²) in [7, 11) is 1.31. The van der Waals surface area contributed by atoms with E-state index < -0.39 is 16.4 Å². The summed E-state index contributed by atoms with van der Waals surface area (Å²) in [6.07, 6.45) is 1.99. The molecule has 0 saturated carbocycles. The van der Waals surface area contributed by atoms with Gasteiger partial charge in [0.15, 0.2) is 11.6 Å². The molecule has 116 valence electrons. The van der Waals surface area contributed by atoms with Crippen LogP contribution in [0.15, 0.2) is 17.2 Å². The minimum absolute atomic E-state index is 0.0119. The van der Waals surface area contributed by atoms with E-state index in [2.05, 4.69) is 15.3 Å². The number of ether oxygens (including phenoxy) is 1. The van der Waals surface area contributed by atoms with Crippen molar-refractivity contribution in [2.45, 2.75) is 13.3 Å². The third kappa shape index (κ3) is 2.96. The number of phenolic OH excluding ortho intramolecular Hbond substituents is 1. The quantitative estimate of drug-likeness (QED) is 0.376. The van der Waals surface area contributed by atoms with E-state index in [1.165, 1.54) is 30.1 Å². The SMILES string of the molecule is CCc1n[nH]c(=S)n1/N=C/c1cc(OC)c(O)c([N+](=O)[O-])c1. The van der Waals surface area contributed by atoms with Gasteiger partial charge in [0.1, 0.15) is 0 Å². The molecule has 0 saturated heterocycles. The smallest absolute Gasteiger partial charge is 0.315 e. The van der Waals surface area contributed by atoms with Crippen LogP contribution >= 0.6 is 12.2 Å². The number of aryl methyl sites for hydroxylation is 1. The molecule has 0 aliphatic rings. The second-order valence-electron chi connectivity index (χ2n) is 4.20. The first-order valence-corrected chi connectivity index (χ1v) is 6.64. The number of nitro benzene ring substituents is 1. The van der Waals surface area contributed by atoms with Crippen molar-refractivity contribution in [1.29, 1.82) is 0 Å². The van der Waals surface area contributed by atoms with Crippen LogP contribution in [0, 0.1) is 14.9 Å². The molecule has 0 aliphatic carbocycles. The average Bonchev–Trinajstić information content (AvgIpc) is 2.86. The summed E-state index contributed by atoms with van der Waals surface area (Å²) < 4.78 is 6.65. The second-order valence-corrected chi connectivity index (χ2v) is 4.59. The van der Waals surface area contributed by atoms with Gasteiger partial charge >= 0.3 is 5.69 Å². The van der Waals surface area contributed by atoms with Crippen molar-refractivity contribution < 1.29 is 14.8 Å². The number of hydrogen-bond donors (Lipinski definition) is 2. The van der Waals surface area contributed by atoms with Gasteiger partial charge in [0.2, 0.25) is 10.5 Å². The van der Waals surface area contributed by atoms with Crippen molar-refractivity contribution in [3.63, 3.8) is 0 Å². The Bertz CT molecular complexity index is 795. The number of hydrogen-bond acceptors (Lipinski definition) is 7. The molecule has 22 heavy (non-hydrogen) atoms. The lowest BCUT2D eigenvalue weighted by Crippen LogP contribution is -1.98. The summed E-state index contributed by atoms with van der Waals surface area (Å²) >= 11 is 5.05. The molecule has 0 fully saturated rings. The molecule has 2 rings (SSSR count). The number of nitro groups is 1. The highest BCUT2D eigenvalue weighted by molar-refractivity contribution is 7.71. The monoisotopic (exact) mass is 323 g/mol. The summed E-state index contributed by atoms with van der Waals surface area (Å²) in [5, 5.41) is 31.4. The topological polar surface area (TPSA) is 119 Å². The van der Waals surface area contributed by atoms with E-state index in [4.69, 9.17) is 17.0 Å². The standard InChI is InChI=1S/C12H13N5O4S/c1-3-10-14-15-12(22)16(10)13-6-7-4-8(17(19)20)11(18)9(5-7)21-2/h4-6,18H,3H2,1-2H3,(H,15,22)/b13-6+. The van der Waals surface area contributed by atoms with Crippen LogP contribution in [0.25, 0.3) is 0 Å². The minimum Gasteiger partial charge on any atom is -0.500 e. The summed E-state index contributed by atoms with van der Waals surface area (Å²) in [5.74, 6) is 0.0856. The highest BCUT2D eigenvalue weighted by Crippen LogP contribution is 2.36. The van der Waals surface area contributed by atoms with E-state index in [1.54, 1.807) is 0 Å². The van der Waals surface area contributed by atoms with E-state index in [0.29, 0.717) is 22.6 Å². The van der Waals surface area contributed by atoms with Gasteiger partial charge in [-0.05, 0) is 18.3 Å². The number of benzene rings is 1. The van der Waals surface area contributed by atoms with Crippen LogP contribution in [-0.2, 0) is 6.42 Å². The predicted octanol–water partition coefficient (Wildman–Crippen LogP) is 2.01. The number of nitrogens with zero attached hydrogens (tertiary/aromatic N) is 4. The molecule has 0 unspecified atom stereocenters. The molecule has 0 atom stereocenters. The molecule has 1 aromatic carbocycles. The molecule has 1 heterocycles. The fourth-order valence-corrected chi connectivity index (χ4v) is 1.98. The number of H-pyrrole nitrogens is 1. The van der Waals surface area contributed by atoms with Crippen molar-refractivity contribution in [2.75, 3.05) is 7.11 Å². The fourth-order valence-electron chi connectivity index (χ4n) is 1.78. The van der Waals surface area contributed by atoms with Crippen molar-refractivity contribution in [3.8, 4) is 11.5 Å².